The predicted octanol–water partition coefficient (Wildman–Crippen LogP) is 2.82. The predicted molar refractivity (Wildman–Crippen MR) is 36.6 cm³/mol. The van der Waals surface area contributed by atoms with Gasteiger partial charge in [0.15, 0.2) is 0 Å². The molecule has 0 N–H and O–H groups in total. The molecule has 46 valence electrons. The first-order valence-electron chi connectivity index (χ1n) is 3.40. The van der Waals surface area contributed by atoms with E-state index in [0.29, 0.717) is 0 Å². The van der Waals surface area contributed by atoms with Gasteiger partial charge in [-0.15, -0.1) is 0 Å². The van der Waals surface area contributed by atoms with E-state index in [9.17, 15) is 0 Å². The minimum Gasteiger partial charge on any atom is -0.0760 e. The number of hydrogen-bond donors (Lipinski definition) is 0. The Morgan fingerprint density at radius 2 is 2.00 bits per heavy atom. The van der Waals surface area contributed by atoms with Crippen LogP contribution in [0.1, 0.15) is 39.0 Å². The second-order valence-electron chi connectivity index (χ2n) is 2.05. The summed E-state index contributed by atoms with van der Waals surface area (Å²) in [5.74, 6) is 0. The van der Waals surface area contributed by atoms with E-state index < -0.39 is 0 Å². The van der Waals surface area contributed by atoms with Crippen LogP contribution in [0, 0.1) is 6.58 Å². The third-order valence-corrected chi connectivity index (χ3v) is 1.20. The second kappa shape index (κ2) is 6.74. The van der Waals surface area contributed by atoms with Gasteiger partial charge >= 0.3 is 0 Å². The van der Waals surface area contributed by atoms with Gasteiger partial charge in [0.1, 0.15) is 0 Å². The highest BCUT2D eigenvalue weighted by atomic mass is 13.9. The van der Waals surface area contributed by atoms with Crippen molar-refractivity contribution in [2.45, 2.75) is 39.0 Å². The molecular formula is C8H14. The topological polar surface area (TPSA) is 0 Å². The van der Waals surface area contributed by atoms with Crippen LogP contribution >= 0.6 is 0 Å². The first-order valence-corrected chi connectivity index (χ1v) is 3.40. The molecule has 0 bridgehead atoms. The molecule has 0 aromatic carbocycles. The summed E-state index contributed by atoms with van der Waals surface area (Å²) in [5.41, 5.74) is 0. The highest BCUT2D eigenvalue weighted by molar-refractivity contribution is 4.61. The van der Waals surface area contributed by atoms with E-state index in [0.717, 1.165) is 6.42 Å². The Kier molecular flexibility index (Phi) is 6.52. The number of rotatable bonds is 5. The highest BCUT2D eigenvalue weighted by Gasteiger charge is 1.81. The molecule has 0 heteroatoms. The lowest BCUT2D eigenvalue weighted by Gasteiger charge is -1.91. The van der Waals surface area contributed by atoms with Gasteiger partial charge in [0, 0.05) is 0 Å². The summed E-state index contributed by atoms with van der Waals surface area (Å²) in [7, 11) is 0. The van der Waals surface area contributed by atoms with Gasteiger partial charge < -0.3 is 0 Å². The molecule has 0 saturated heterocycles. The molecule has 0 rings (SSSR count). The summed E-state index contributed by atoms with van der Waals surface area (Å²) in [6, 6.07) is 0. The summed E-state index contributed by atoms with van der Waals surface area (Å²) in [4.78, 5) is 0. The summed E-state index contributed by atoms with van der Waals surface area (Å²) in [6.07, 6.45) is 7.59. The monoisotopic (exact) mass is 110 g/mol. The van der Waals surface area contributed by atoms with Crippen molar-refractivity contribution in [3.63, 3.8) is 0 Å². The maximum Gasteiger partial charge on any atom is -0.0146 e. The minimum atomic E-state index is 0.972. The molecule has 0 aliphatic carbocycles. The molecule has 0 unspecified atom stereocenters. The van der Waals surface area contributed by atoms with Gasteiger partial charge in [-0.05, 0) is 19.4 Å². The molecule has 0 fully saturated rings. The Bertz CT molecular complexity index is 46.0. The van der Waals surface area contributed by atoms with Crippen LogP contribution in [-0.2, 0) is 0 Å². The SMILES string of the molecule is [C]=CCCCCCC. The molecule has 0 saturated carbocycles. The van der Waals surface area contributed by atoms with Crippen molar-refractivity contribution in [1.82, 2.24) is 0 Å². The smallest absolute Gasteiger partial charge is 0.0146 e. The molecule has 0 spiro atoms. The van der Waals surface area contributed by atoms with Crippen LogP contribution in [0.3, 0.4) is 0 Å². The van der Waals surface area contributed by atoms with Crippen molar-refractivity contribution in [1.29, 1.82) is 0 Å². The van der Waals surface area contributed by atoms with Crippen molar-refractivity contribution >= 4 is 0 Å². The van der Waals surface area contributed by atoms with Gasteiger partial charge in [-0.25, -0.2) is 0 Å². The molecule has 0 aliphatic rings. The van der Waals surface area contributed by atoms with E-state index in [1.165, 1.54) is 31.8 Å². The average molecular weight is 110 g/mol. The molecular weight excluding hydrogens is 96.1 g/mol. The third kappa shape index (κ3) is 5.74. The molecule has 8 heavy (non-hydrogen) atoms. The van der Waals surface area contributed by atoms with Crippen LogP contribution in [-0.4, -0.2) is 0 Å². The lowest BCUT2D eigenvalue weighted by molar-refractivity contribution is 0.674. The number of unbranched alkanes of at least 4 members (excludes halogenated alkanes) is 4. The van der Waals surface area contributed by atoms with E-state index in [2.05, 4.69) is 6.92 Å². The van der Waals surface area contributed by atoms with Gasteiger partial charge in [-0.2, -0.15) is 0 Å². The molecule has 0 atom stereocenters. The fraction of sp³-hybridized carbons (Fsp3) is 0.750. The van der Waals surface area contributed by atoms with Crippen molar-refractivity contribution in [2.75, 3.05) is 0 Å². The van der Waals surface area contributed by atoms with Crippen molar-refractivity contribution in [3.8, 4) is 0 Å². The van der Waals surface area contributed by atoms with E-state index in [-0.39, 0.29) is 0 Å². The van der Waals surface area contributed by atoms with Crippen molar-refractivity contribution < 1.29 is 0 Å². The van der Waals surface area contributed by atoms with Crippen molar-refractivity contribution in [3.05, 3.63) is 12.7 Å². The van der Waals surface area contributed by atoms with Crippen molar-refractivity contribution in [2.24, 2.45) is 0 Å². The molecule has 0 heterocycles. The van der Waals surface area contributed by atoms with Crippen LogP contribution < -0.4 is 0 Å². The maximum atomic E-state index is 6.71. The molecule has 0 aliphatic heterocycles. The Morgan fingerprint density at radius 1 is 1.25 bits per heavy atom. The second-order valence-corrected chi connectivity index (χ2v) is 2.05. The van der Waals surface area contributed by atoms with Gasteiger partial charge in [-0.1, -0.05) is 32.3 Å². The first-order chi connectivity index (χ1) is 3.91. The van der Waals surface area contributed by atoms with Gasteiger partial charge in [0.25, 0.3) is 0 Å². The summed E-state index contributed by atoms with van der Waals surface area (Å²) in [5, 5.41) is 0. The Hall–Kier alpha value is -0.260. The summed E-state index contributed by atoms with van der Waals surface area (Å²) in [6.45, 7) is 8.91. The zero-order chi connectivity index (χ0) is 6.24. The highest BCUT2D eigenvalue weighted by Crippen LogP contribution is 2.01. The quantitative estimate of drug-likeness (QED) is 0.477. The van der Waals surface area contributed by atoms with Crippen LogP contribution in [0.4, 0.5) is 0 Å². The molecule has 2 radical (unpaired) electrons. The zero-order valence-electron chi connectivity index (χ0n) is 5.61. The van der Waals surface area contributed by atoms with Crippen LogP contribution in [0.15, 0.2) is 6.08 Å². The van der Waals surface area contributed by atoms with E-state index in [4.69, 9.17) is 6.58 Å². The fourth-order valence-corrected chi connectivity index (χ4v) is 0.673. The van der Waals surface area contributed by atoms with Crippen LogP contribution in [0.25, 0.3) is 0 Å². The number of hydrogen-bond acceptors (Lipinski definition) is 0. The van der Waals surface area contributed by atoms with E-state index in [1.54, 1.807) is 0 Å². The summed E-state index contributed by atoms with van der Waals surface area (Å²) >= 11 is 0. The van der Waals surface area contributed by atoms with Crippen LogP contribution in [0.5, 0.6) is 0 Å². The normalized spacial score (nSPS) is 9.12. The lowest BCUT2D eigenvalue weighted by atomic mass is 10.2. The first kappa shape index (κ1) is 7.74. The largest absolute Gasteiger partial charge is 0.0760 e. The van der Waals surface area contributed by atoms with Crippen LogP contribution in [0.2, 0.25) is 0 Å². The summed E-state index contributed by atoms with van der Waals surface area (Å²) < 4.78 is 0. The van der Waals surface area contributed by atoms with E-state index >= 15 is 0 Å². The van der Waals surface area contributed by atoms with Gasteiger partial charge in [0.2, 0.25) is 0 Å². The Labute approximate surface area is 52.6 Å². The lowest BCUT2D eigenvalue weighted by Crippen LogP contribution is -1.71. The molecule has 0 aromatic rings. The fourth-order valence-electron chi connectivity index (χ4n) is 0.673. The minimum absolute atomic E-state index is 0.972. The standard InChI is InChI=1S/C8H14/c1-3-5-7-8-6-4-2/h4H,3,5-8H2,1H3. The number of allylic oxidation sites excluding steroid dienone is 1. The zero-order valence-corrected chi connectivity index (χ0v) is 5.61. The molecule has 0 aromatic heterocycles. The molecule has 0 amide bonds. The Balaban J connectivity index is 2.62. The third-order valence-electron chi connectivity index (χ3n) is 1.20. The van der Waals surface area contributed by atoms with E-state index in [1.807, 2.05) is 0 Å². The maximum absolute atomic E-state index is 6.71. The molecule has 0 nitrogen and oxygen atoms in total. The van der Waals surface area contributed by atoms with Gasteiger partial charge in [-0.3, -0.25) is 0 Å². The average Bonchev–Trinajstić information content (AvgIpc) is 1.81. The van der Waals surface area contributed by atoms with Gasteiger partial charge in [0.05, 0.1) is 0 Å². The Morgan fingerprint density at radius 3 is 2.50 bits per heavy atom.